The van der Waals surface area contributed by atoms with Crippen molar-refractivity contribution in [2.45, 2.75) is 64.3 Å². The molecule has 0 saturated heterocycles. The molecule has 104 valence electrons. The molecule has 0 aromatic carbocycles. The zero-order valence-corrected chi connectivity index (χ0v) is 11.8. The lowest BCUT2D eigenvalue weighted by atomic mass is 9.71. The zero-order valence-electron chi connectivity index (χ0n) is 11.8. The lowest BCUT2D eigenvalue weighted by Gasteiger charge is -2.48. The number of carboxylic acid groups (broad SMARTS) is 1. The van der Waals surface area contributed by atoms with E-state index >= 15 is 0 Å². The second-order valence-corrected chi connectivity index (χ2v) is 6.16. The van der Waals surface area contributed by atoms with Crippen LogP contribution in [0.5, 0.6) is 0 Å². The zero-order chi connectivity index (χ0) is 13.2. The van der Waals surface area contributed by atoms with Gasteiger partial charge in [-0.2, -0.15) is 0 Å². The van der Waals surface area contributed by atoms with Gasteiger partial charge in [-0.1, -0.05) is 26.7 Å². The van der Waals surface area contributed by atoms with Gasteiger partial charge in [-0.15, -0.1) is 0 Å². The fraction of sp³-hybridized carbons (Fsp3) is 0.933. The van der Waals surface area contributed by atoms with Gasteiger partial charge in [-0.05, 0) is 50.6 Å². The third-order valence-corrected chi connectivity index (χ3v) is 5.06. The van der Waals surface area contributed by atoms with Crippen LogP contribution in [0.2, 0.25) is 0 Å². The standard InChI is InChI=1S/C15H27NO2/c1-3-16(4-2)15(11-14(17)18)9-5-6-13(10-15)12-7-8-12/h12-13H,3-11H2,1-2H3,(H,17,18). The minimum atomic E-state index is -0.627. The first-order valence-corrected chi connectivity index (χ1v) is 7.58. The Hall–Kier alpha value is -0.570. The van der Waals surface area contributed by atoms with Gasteiger partial charge in [-0.25, -0.2) is 0 Å². The van der Waals surface area contributed by atoms with Crippen molar-refractivity contribution in [3.05, 3.63) is 0 Å². The second kappa shape index (κ2) is 5.60. The van der Waals surface area contributed by atoms with Crippen LogP contribution in [0.15, 0.2) is 0 Å². The Balaban J connectivity index is 2.13. The summed E-state index contributed by atoms with van der Waals surface area (Å²) in [6, 6.07) is 0. The fourth-order valence-electron chi connectivity index (χ4n) is 4.09. The molecule has 2 unspecified atom stereocenters. The van der Waals surface area contributed by atoms with Crippen LogP contribution in [0.4, 0.5) is 0 Å². The first kappa shape index (κ1) is 13.9. The summed E-state index contributed by atoms with van der Waals surface area (Å²) in [4.78, 5) is 13.7. The molecular formula is C15H27NO2. The summed E-state index contributed by atoms with van der Waals surface area (Å²) in [6.07, 6.45) is 7.82. The van der Waals surface area contributed by atoms with Crippen LogP contribution >= 0.6 is 0 Å². The molecule has 2 rings (SSSR count). The SMILES string of the molecule is CCN(CC)C1(CC(=O)O)CCCC(C2CC2)C1. The number of nitrogens with zero attached hydrogens (tertiary/aromatic N) is 1. The minimum Gasteiger partial charge on any atom is -0.481 e. The number of hydrogen-bond donors (Lipinski definition) is 1. The van der Waals surface area contributed by atoms with E-state index < -0.39 is 5.97 Å². The Labute approximate surface area is 111 Å². The maximum Gasteiger partial charge on any atom is 0.305 e. The van der Waals surface area contributed by atoms with Crippen molar-refractivity contribution in [1.82, 2.24) is 4.90 Å². The van der Waals surface area contributed by atoms with Crippen LogP contribution in [0.1, 0.15) is 58.8 Å². The molecule has 0 aromatic heterocycles. The predicted molar refractivity (Wildman–Crippen MR) is 72.6 cm³/mol. The molecule has 0 amide bonds. The fourth-order valence-corrected chi connectivity index (χ4v) is 4.09. The molecule has 0 aromatic rings. The van der Waals surface area contributed by atoms with E-state index in [4.69, 9.17) is 0 Å². The molecule has 3 nitrogen and oxygen atoms in total. The molecule has 2 saturated carbocycles. The third-order valence-electron chi connectivity index (χ3n) is 5.06. The number of carboxylic acids is 1. The molecule has 3 heteroatoms. The van der Waals surface area contributed by atoms with E-state index in [0.717, 1.165) is 37.8 Å². The summed E-state index contributed by atoms with van der Waals surface area (Å²) in [5.41, 5.74) is -0.0547. The Morgan fingerprint density at radius 1 is 1.22 bits per heavy atom. The van der Waals surface area contributed by atoms with Crippen LogP contribution in [-0.4, -0.2) is 34.6 Å². The number of aliphatic carboxylic acids is 1. The van der Waals surface area contributed by atoms with Crippen molar-refractivity contribution < 1.29 is 9.90 Å². The van der Waals surface area contributed by atoms with Crippen LogP contribution < -0.4 is 0 Å². The highest BCUT2D eigenvalue weighted by Gasteiger charge is 2.45. The van der Waals surface area contributed by atoms with Crippen molar-refractivity contribution in [2.75, 3.05) is 13.1 Å². The van der Waals surface area contributed by atoms with Gasteiger partial charge in [0.05, 0.1) is 6.42 Å². The molecule has 0 heterocycles. The van der Waals surface area contributed by atoms with Gasteiger partial charge in [0.15, 0.2) is 0 Å². The van der Waals surface area contributed by atoms with Gasteiger partial charge < -0.3 is 5.11 Å². The van der Waals surface area contributed by atoms with Crippen molar-refractivity contribution in [3.63, 3.8) is 0 Å². The molecule has 2 aliphatic rings. The van der Waals surface area contributed by atoms with Gasteiger partial charge in [0, 0.05) is 5.54 Å². The molecule has 2 aliphatic carbocycles. The number of carbonyl (C=O) groups is 1. The lowest BCUT2D eigenvalue weighted by Crippen LogP contribution is -2.53. The Kier molecular flexibility index (Phi) is 4.31. The quantitative estimate of drug-likeness (QED) is 0.790. The predicted octanol–water partition coefficient (Wildman–Crippen LogP) is 3.14. The molecule has 0 radical (unpaired) electrons. The molecule has 2 fully saturated rings. The number of hydrogen-bond acceptors (Lipinski definition) is 2. The van der Waals surface area contributed by atoms with Gasteiger partial charge in [0.2, 0.25) is 0 Å². The first-order valence-electron chi connectivity index (χ1n) is 7.58. The first-order chi connectivity index (χ1) is 8.61. The van der Waals surface area contributed by atoms with Crippen LogP contribution in [0.25, 0.3) is 0 Å². The second-order valence-electron chi connectivity index (χ2n) is 6.16. The molecule has 1 N–H and O–H groups in total. The van der Waals surface area contributed by atoms with Crippen molar-refractivity contribution in [3.8, 4) is 0 Å². The average Bonchev–Trinajstić information content (AvgIpc) is 3.13. The smallest absolute Gasteiger partial charge is 0.305 e. The van der Waals surface area contributed by atoms with E-state index in [1.165, 1.54) is 25.7 Å². The Bertz CT molecular complexity index is 297. The summed E-state index contributed by atoms with van der Waals surface area (Å²) in [5, 5.41) is 9.28. The largest absolute Gasteiger partial charge is 0.481 e. The molecular weight excluding hydrogens is 226 g/mol. The normalized spacial score (nSPS) is 32.7. The highest BCUT2D eigenvalue weighted by molar-refractivity contribution is 5.68. The van der Waals surface area contributed by atoms with Gasteiger partial charge in [0.1, 0.15) is 0 Å². The Morgan fingerprint density at radius 2 is 1.89 bits per heavy atom. The molecule has 18 heavy (non-hydrogen) atoms. The third kappa shape index (κ3) is 2.87. The maximum absolute atomic E-state index is 11.3. The van der Waals surface area contributed by atoms with E-state index in [-0.39, 0.29) is 5.54 Å². The van der Waals surface area contributed by atoms with E-state index in [1.807, 2.05) is 0 Å². The minimum absolute atomic E-state index is 0.0547. The van der Waals surface area contributed by atoms with E-state index in [2.05, 4.69) is 18.7 Å². The van der Waals surface area contributed by atoms with E-state index in [0.29, 0.717) is 6.42 Å². The highest BCUT2D eigenvalue weighted by Crippen LogP contribution is 2.49. The maximum atomic E-state index is 11.3. The lowest BCUT2D eigenvalue weighted by molar-refractivity contribution is -0.141. The highest BCUT2D eigenvalue weighted by atomic mass is 16.4. The summed E-state index contributed by atoms with van der Waals surface area (Å²) in [6.45, 7) is 6.27. The van der Waals surface area contributed by atoms with E-state index in [1.54, 1.807) is 0 Å². The molecule has 2 atom stereocenters. The monoisotopic (exact) mass is 253 g/mol. The van der Waals surface area contributed by atoms with Gasteiger partial charge in [-0.3, -0.25) is 9.69 Å². The summed E-state index contributed by atoms with van der Waals surface area (Å²) >= 11 is 0. The van der Waals surface area contributed by atoms with Gasteiger partial charge in [0.25, 0.3) is 0 Å². The van der Waals surface area contributed by atoms with Crippen molar-refractivity contribution >= 4 is 5.97 Å². The average molecular weight is 253 g/mol. The molecule has 0 aliphatic heterocycles. The number of rotatable bonds is 6. The van der Waals surface area contributed by atoms with Crippen LogP contribution in [0.3, 0.4) is 0 Å². The topological polar surface area (TPSA) is 40.5 Å². The van der Waals surface area contributed by atoms with Crippen LogP contribution in [-0.2, 0) is 4.79 Å². The summed E-state index contributed by atoms with van der Waals surface area (Å²) in [7, 11) is 0. The van der Waals surface area contributed by atoms with Crippen molar-refractivity contribution in [2.24, 2.45) is 11.8 Å². The summed E-state index contributed by atoms with van der Waals surface area (Å²) in [5.74, 6) is 1.08. The van der Waals surface area contributed by atoms with Gasteiger partial charge >= 0.3 is 5.97 Å². The molecule has 0 spiro atoms. The summed E-state index contributed by atoms with van der Waals surface area (Å²) < 4.78 is 0. The van der Waals surface area contributed by atoms with E-state index in [9.17, 15) is 9.90 Å². The molecule has 0 bridgehead atoms. The van der Waals surface area contributed by atoms with Crippen LogP contribution in [0, 0.1) is 11.8 Å². The Morgan fingerprint density at radius 3 is 2.39 bits per heavy atom. The van der Waals surface area contributed by atoms with Crippen molar-refractivity contribution in [1.29, 1.82) is 0 Å².